The summed E-state index contributed by atoms with van der Waals surface area (Å²) in [6, 6.07) is 4.19. The molecule has 0 saturated heterocycles. The molecule has 0 radical (unpaired) electrons. The molecule has 2 unspecified atom stereocenters. The molecule has 2 heterocycles. The monoisotopic (exact) mass is 585 g/mol. The number of benzene rings is 1. The highest BCUT2D eigenvalue weighted by atomic mass is 35.5. The predicted molar refractivity (Wildman–Crippen MR) is 142 cm³/mol. The molecule has 0 bridgehead atoms. The predicted octanol–water partition coefficient (Wildman–Crippen LogP) is 4.94. The Kier molecular flexibility index (Phi) is 9.08. The lowest BCUT2D eigenvalue weighted by atomic mass is 10.0. The van der Waals surface area contributed by atoms with E-state index in [1.807, 2.05) is 0 Å². The highest BCUT2D eigenvalue weighted by molar-refractivity contribution is 6.33. The van der Waals surface area contributed by atoms with Gasteiger partial charge in [-0.2, -0.15) is 13.2 Å². The number of pyridine rings is 2. The molecule has 0 saturated carbocycles. The third-order valence-corrected chi connectivity index (χ3v) is 6.31. The van der Waals surface area contributed by atoms with Crippen LogP contribution in [0.3, 0.4) is 0 Å². The van der Waals surface area contributed by atoms with Gasteiger partial charge >= 0.3 is 6.18 Å². The molecule has 1 aromatic carbocycles. The van der Waals surface area contributed by atoms with Gasteiger partial charge in [0.2, 0.25) is 0 Å². The van der Waals surface area contributed by atoms with E-state index in [4.69, 9.17) is 16.3 Å². The summed E-state index contributed by atoms with van der Waals surface area (Å²) in [4.78, 5) is 17.6. The van der Waals surface area contributed by atoms with E-state index in [-0.39, 0.29) is 45.0 Å². The van der Waals surface area contributed by atoms with E-state index in [2.05, 4.69) is 20.9 Å². The molecule has 0 aliphatic heterocycles. The van der Waals surface area contributed by atoms with E-state index in [0.717, 1.165) is 12.1 Å². The second-order valence-corrected chi connectivity index (χ2v) is 9.34. The van der Waals surface area contributed by atoms with Crippen molar-refractivity contribution in [3.63, 3.8) is 0 Å². The number of nitrogens with one attached hydrogen (secondary N) is 3. The minimum absolute atomic E-state index is 0.0248. The van der Waals surface area contributed by atoms with Crippen LogP contribution in [0.4, 0.5) is 33.5 Å². The smallest absolute Gasteiger partial charge is 0.383 e. The normalized spacial score (nSPS) is 16.2. The van der Waals surface area contributed by atoms with Crippen LogP contribution in [0.5, 0.6) is 0 Å². The molecule has 214 valence electrons. The number of halogens is 6. The summed E-state index contributed by atoms with van der Waals surface area (Å²) in [7, 11) is 1.49. The van der Waals surface area contributed by atoms with E-state index in [9.17, 15) is 31.9 Å². The van der Waals surface area contributed by atoms with Crippen molar-refractivity contribution < 1.29 is 31.8 Å². The van der Waals surface area contributed by atoms with E-state index in [1.165, 1.54) is 43.7 Å². The zero-order valence-corrected chi connectivity index (χ0v) is 21.8. The molecule has 8 nitrogen and oxygen atoms in total. The molecule has 2 atom stereocenters. The minimum Gasteiger partial charge on any atom is -0.383 e. The van der Waals surface area contributed by atoms with E-state index >= 15 is 0 Å². The van der Waals surface area contributed by atoms with Gasteiger partial charge in [0.15, 0.2) is 6.35 Å². The van der Waals surface area contributed by atoms with Crippen LogP contribution in [0.1, 0.15) is 6.42 Å². The van der Waals surface area contributed by atoms with Crippen molar-refractivity contribution in [3.05, 3.63) is 75.7 Å². The largest absolute Gasteiger partial charge is 0.406 e. The molecule has 0 amide bonds. The van der Waals surface area contributed by atoms with Gasteiger partial charge in [-0.25, -0.2) is 13.8 Å². The number of nitrogens with zero attached hydrogens (tertiary/aromatic N) is 2. The van der Waals surface area contributed by atoms with Gasteiger partial charge in [-0.05, 0) is 36.8 Å². The number of ether oxygens (including phenoxy) is 1. The number of fused-ring (bicyclic) bond motifs is 1. The first kappa shape index (κ1) is 29.5. The first-order valence-electron chi connectivity index (χ1n) is 12.0. The van der Waals surface area contributed by atoms with E-state index in [1.54, 1.807) is 0 Å². The van der Waals surface area contributed by atoms with Crippen molar-refractivity contribution in [1.29, 1.82) is 0 Å². The minimum atomic E-state index is -4.73. The average molecular weight is 586 g/mol. The number of alkyl halides is 3. The van der Waals surface area contributed by atoms with Crippen LogP contribution < -0.4 is 21.5 Å². The first-order chi connectivity index (χ1) is 18.9. The molecule has 4 rings (SSSR count). The lowest BCUT2D eigenvalue weighted by molar-refractivity contribution is -0.140. The van der Waals surface area contributed by atoms with Gasteiger partial charge in [-0.15, -0.1) is 0 Å². The van der Waals surface area contributed by atoms with Gasteiger partial charge in [-0.3, -0.25) is 14.7 Å². The van der Waals surface area contributed by atoms with Crippen LogP contribution in [-0.4, -0.2) is 53.5 Å². The summed E-state index contributed by atoms with van der Waals surface area (Å²) in [5, 5.41) is 18.4. The number of rotatable bonds is 10. The van der Waals surface area contributed by atoms with Crippen LogP contribution in [0.2, 0.25) is 5.02 Å². The quantitative estimate of drug-likeness (QED) is 0.152. The van der Waals surface area contributed by atoms with Crippen molar-refractivity contribution >= 4 is 34.0 Å². The van der Waals surface area contributed by atoms with Crippen molar-refractivity contribution in [2.45, 2.75) is 31.5 Å². The summed E-state index contributed by atoms with van der Waals surface area (Å²) in [6.45, 7) is -0.929. The molecular weight excluding hydrogens is 561 g/mol. The number of methoxy groups -OCH3 is 1. The van der Waals surface area contributed by atoms with Gasteiger partial charge in [0.05, 0.1) is 22.8 Å². The lowest BCUT2D eigenvalue weighted by Gasteiger charge is -2.23. The van der Waals surface area contributed by atoms with Crippen molar-refractivity contribution in [2.24, 2.45) is 0 Å². The molecule has 1 aliphatic rings. The maximum Gasteiger partial charge on any atom is 0.406 e. The number of aromatic nitrogens is 2. The third kappa shape index (κ3) is 7.16. The van der Waals surface area contributed by atoms with Crippen LogP contribution in [0, 0.1) is 5.82 Å². The Hall–Kier alpha value is -3.52. The third-order valence-electron chi connectivity index (χ3n) is 5.99. The Bertz CT molecular complexity index is 1510. The first-order valence-corrected chi connectivity index (χ1v) is 12.4. The lowest BCUT2D eigenvalue weighted by Crippen LogP contribution is -2.42. The highest BCUT2D eigenvalue weighted by Crippen LogP contribution is 2.33. The topological polar surface area (TPSA) is 100 Å². The van der Waals surface area contributed by atoms with Gasteiger partial charge in [0, 0.05) is 48.5 Å². The molecule has 2 aromatic heterocycles. The standard InChI is InChI=1S/C26H25ClF5N5O3/c1-40-7-6-33-23-11-22-14(12-34-23)8-18(24(38)37(22)13-26(30,31)32)17-9-21(20(29)10-19(17)27)36-25(39)35-16-4-2-15(28)3-5-16/h2-4,8-12,16,25,35-36,39H,5-7,13H2,1H3,(H,33,34). The van der Waals surface area contributed by atoms with Gasteiger partial charge in [0.25, 0.3) is 5.56 Å². The number of hydrogen-bond donors (Lipinski definition) is 4. The molecule has 0 spiro atoms. The summed E-state index contributed by atoms with van der Waals surface area (Å²) < 4.78 is 74.0. The Labute approximate surface area is 230 Å². The molecule has 40 heavy (non-hydrogen) atoms. The van der Waals surface area contributed by atoms with Crippen molar-refractivity contribution in [2.75, 3.05) is 30.9 Å². The second-order valence-electron chi connectivity index (χ2n) is 8.93. The summed E-state index contributed by atoms with van der Waals surface area (Å²) >= 11 is 6.24. The fourth-order valence-corrected chi connectivity index (χ4v) is 4.41. The second kappa shape index (κ2) is 12.3. The number of anilines is 2. The Morgan fingerprint density at radius 3 is 2.67 bits per heavy atom. The Balaban J connectivity index is 1.72. The summed E-state index contributed by atoms with van der Waals surface area (Å²) in [5.41, 5.74) is -1.62. The number of aliphatic hydroxyl groups excluding tert-OH is 1. The fraction of sp³-hybridized carbons (Fsp3) is 0.308. The molecule has 4 N–H and O–H groups in total. The molecule has 3 aromatic rings. The number of allylic oxidation sites excluding steroid dienone is 2. The van der Waals surface area contributed by atoms with Crippen molar-refractivity contribution in [3.8, 4) is 11.1 Å². The van der Waals surface area contributed by atoms with Crippen molar-refractivity contribution in [1.82, 2.24) is 14.9 Å². The summed E-state index contributed by atoms with van der Waals surface area (Å²) in [5.74, 6) is -1.06. The Morgan fingerprint density at radius 1 is 1.23 bits per heavy atom. The molecule has 14 heteroatoms. The van der Waals surface area contributed by atoms with Crippen LogP contribution >= 0.6 is 11.6 Å². The van der Waals surface area contributed by atoms with E-state index < -0.39 is 42.3 Å². The van der Waals surface area contributed by atoms with Crippen LogP contribution in [0.25, 0.3) is 22.0 Å². The van der Waals surface area contributed by atoms with E-state index in [0.29, 0.717) is 17.7 Å². The maximum absolute atomic E-state index is 14.7. The molecule has 1 aliphatic carbocycles. The SMILES string of the molecule is COCCNc1cc2c(cn1)cc(-c1cc(NC(O)NC3C=CC(F)=CC3)c(F)cc1Cl)c(=O)n2CC(F)(F)F. The highest BCUT2D eigenvalue weighted by Gasteiger charge is 2.30. The molecular formula is C26H25ClF5N5O3. The summed E-state index contributed by atoms with van der Waals surface area (Å²) in [6.07, 6.45) is -0.682. The fourth-order valence-electron chi connectivity index (χ4n) is 4.15. The average Bonchev–Trinajstić information content (AvgIpc) is 2.88. The number of aliphatic hydroxyl groups is 1. The molecule has 0 fully saturated rings. The zero-order valence-electron chi connectivity index (χ0n) is 21.0. The van der Waals surface area contributed by atoms with Gasteiger partial charge < -0.3 is 20.5 Å². The van der Waals surface area contributed by atoms with Crippen LogP contribution in [-0.2, 0) is 11.3 Å². The maximum atomic E-state index is 14.7. The van der Waals surface area contributed by atoms with Gasteiger partial charge in [0.1, 0.15) is 24.0 Å². The van der Waals surface area contributed by atoms with Crippen LogP contribution in [0.15, 0.2) is 59.3 Å². The number of hydrogen-bond acceptors (Lipinski definition) is 7. The zero-order chi connectivity index (χ0) is 29.0. The van der Waals surface area contributed by atoms with Gasteiger partial charge in [-0.1, -0.05) is 17.7 Å². The Morgan fingerprint density at radius 2 is 2.00 bits per heavy atom.